The van der Waals surface area contributed by atoms with Crippen LogP contribution in [0.2, 0.25) is 0 Å². The second-order valence-electron chi connectivity index (χ2n) is 5.80. The number of nitrogens with one attached hydrogen (secondary N) is 2. The Balaban J connectivity index is 1.57. The Bertz CT molecular complexity index is 920. The summed E-state index contributed by atoms with van der Waals surface area (Å²) in [6, 6.07) is 3.71. The lowest BCUT2D eigenvalue weighted by molar-refractivity contribution is 0.102. The Kier molecular flexibility index (Phi) is 3.85. The van der Waals surface area contributed by atoms with E-state index in [-0.39, 0.29) is 5.91 Å². The van der Waals surface area contributed by atoms with Crippen molar-refractivity contribution in [3.05, 3.63) is 48.2 Å². The van der Waals surface area contributed by atoms with Crippen LogP contribution >= 0.6 is 0 Å². The fourth-order valence-electron chi connectivity index (χ4n) is 2.78. The van der Waals surface area contributed by atoms with Gasteiger partial charge < -0.3 is 10.6 Å². The number of aryl methyl sites for hydroxylation is 2. The molecular formula is C17H17N7O. The second kappa shape index (κ2) is 6.31. The van der Waals surface area contributed by atoms with Gasteiger partial charge in [-0.2, -0.15) is 5.10 Å². The highest BCUT2D eigenvalue weighted by atomic mass is 16.1. The molecule has 3 aromatic rings. The molecule has 0 radical (unpaired) electrons. The summed E-state index contributed by atoms with van der Waals surface area (Å²) in [4.78, 5) is 25.4. The number of hydrogen-bond acceptors (Lipinski definition) is 6. The molecular weight excluding hydrogens is 318 g/mol. The van der Waals surface area contributed by atoms with Crippen LogP contribution in [-0.4, -0.2) is 37.2 Å². The van der Waals surface area contributed by atoms with E-state index in [1.54, 1.807) is 31.7 Å². The Morgan fingerprint density at radius 3 is 3.04 bits per heavy atom. The van der Waals surface area contributed by atoms with Crippen molar-refractivity contribution < 1.29 is 4.79 Å². The van der Waals surface area contributed by atoms with E-state index in [1.165, 1.54) is 0 Å². The van der Waals surface area contributed by atoms with Crippen molar-refractivity contribution in [2.75, 3.05) is 17.2 Å². The Morgan fingerprint density at radius 2 is 2.24 bits per heavy atom. The minimum Gasteiger partial charge on any atom is -0.368 e. The van der Waals surface area contributed by atoms with Gasteiger partial charge in [0.05, 0.1) is 17.5 Å². The highest BCUT2D eigenvalue weighted by molar-refractivity contribution is 6.06. The Morgan fingerprint density at radius 1 is 1.32 bits per heavy atom. The summed E-state index contributed by atoms with van der Waals surface area (Å²) < 4.78 is 1.86. The maximum atomic E-state index is 12.6. The van der Waals surface area contributed by atoms with Crippen molar-refractivity contribution in [3.63, 3.8) is 0 Å². The van der Waals surface area contributed by atoms with Crippen LogP contribution < -0.4 is 10.6 Å². The SMILES string of the molecule is Cc1nc(-c2cccnc2)ncc1C(=O)Nc1cnn2c1NCCC2. The summed E-state index contributed by atoms with van der Waals surface area (Å²) in [5, 5.41) is 10.4. The van der Waals surface area contributed by atoms with Crippen LogP contribution in [0.15, 0.2) is 36.9 Å². The molecule has 0 bridgehead atoms. The van der Waals surface area contributed by atoms with Crippen LogP contribution in [0.5, 0.6) is 0 Å². The van der Waals surface area contributed by atoms with Crippen molar-refractivity contribution in [2.45, 2.75) is 19.9 Å². The quantitative estimate of drug-likeness (QED) is 0.761. The number of carbonyl (C=O) groups excluding carboxylic acids is 1. The van der Waals surface area contributed by atoms with Crippen LogP contribution in [0.4, 0.5) is 11.5 Å². The molecule has 8 nitrogen and oxygen atoms in total. The van der Waals surface area contributed by atoms with Gasteiger partial charge in [0, 0.05) is 37.2 Å². The predicted octanol–water partition coefficient (Wildman–Crippen LogP) is 2.11. The third-order valence-corrected chi connectivity index (χ3v) is 4.07. The number of fused-ring (bicyclic) bond motifs is 1. The average molecular weight is 335 g/mol. The van der Waals surface area contributed by atoms with Gasteiger partial charge in [-0.25, -0.2) is 14.6 Å². The van der Waals surface area contributed by atoms with Crippen molar-refractivity contribution in [1.29, 1.82) is 0 Å². The second-order valence-corrected chi connectivity index (χ2v) is 5.80. The average Bonchev–Trinajstić information content (AvgIpc) is 3.05. The molecule has 1 aliphatic rings. The summed E-state index contributed by atoms with van der Waals surface area (Å²) in [7, 11) is 0. The van der Waals surface area contributed by atoms with E-state index in [0.29, 0.717) is 22.8 Å². The van der Waals surface area contributed by atoms with Crippen molar-refractivity contribution in [1.82, 2.24) is 24.7 Å². The lowest BCUT2D eigenvalue weighted by Gasteiger charge is -2.17. The van der Waals surface area contributed by atoms with Gasteiger partial charge in [-0.1, -0.05) is 0 Å². The zero-order valence-corrected chi connectivity index (χ0v) is 13.7. The van der Waals surface area contributed by atoms with E-state index in [9.17, 15) is 4.79 Å². The summed E-state index contributed by atoms with van der Waals surface area (Å²) in [5.41, 5.74) is 2.52. The maximum Gasteiger partial charge on any atom is 0.259 e. The number of pyridine rings is 1. The lowest BCUT2D eigenvalue weighted by Crippen LogP contribution is -2.20. The van der Waals surface area contributed by atoms with E-state index in [2.05, 4.69) is 30.7 Å². The number of amides is 1. The molecule has 126 valence electrons. The van der Waals surface area contributed by atoms with E-state index in [1.807, 2.05) is 16.8 Å². The predicted molar refractivity (Wildman–Crippen MR) is 93.3 cm³/mol. The normalized spacial score (nSPS) is 13.0. The molecule has 8 heteroatoms. The van der Waals surface area contributed by atoms with Crippen molar-refractivity contribution in [3.8, 4) is 11.4 Å². The molecule has 4 heterocycles. The van der Waals surface area contributed by atoms with Gasteiger partial charge in [-0.15, -0.1) is 0 Å². The molecule has 25 heavy (non-hydrogen) atoms. The fraction of sp³-hybridized carbons (Fsp3) is 0.235. The third kappa shape index (κ3) is 2.93. The van der Waals surface area contributed by atoms with Gasteiger partial charge in [0.25, 0.3) is 5.91 Å². The van der Waals surface area contributed by atoms with E-state index in [0.717, 1.165) is 30.9 Å². The molecule has 0 fully saturated rings. The van der Waals surface area contributed by atoms with Crippen LogP contribution in [0.1, 0.15) is 22.5 Å². The Hall–Kier alpha value is -3.29. The van der Waals surface area contributed by atoms with Gasteiger partial charge in [0.1, 0.15) is 11.5 Å². The number of hydrogen-bond donors (Lipinski definition) is 2. The number of aromatic nitrogens is 5. The van der Waals surface area contributed by atoms with Gasteiger partial charge in [-0.05, 0) is 25.5 Å². The topological polar surface area (TPSA) is 97.6 Å². The number of carbonyl (C=O) groups is 1. The molecule has 4 rings (SSSR count). The first kappa shape index (κ1) is 15.3. The summed E-state index contributed by atoms with van der Waals surface area (Å²) in [6.45, 7) is 3.51. The smallest absolute Gasteiger partial charge is 0.259 e. The molecule has 0 unspecified atom stereocenters. The Labute approximate surface area is 144 Å². The summed E-state index contributed by atoms with van der Waals surface area (Å²) in [6.07, 6.45) is 7.61. The molecule has 0 aromatic carbocycles. The molecule has 0 saturated heterocycles. The molecule has 1 amide bonds. The van der Waals surface area contributed by atoms with E-state index >= 15 is 0 Å². The van der Waals surface area contributed by atoms with Crippen molar-refractivity contribution >= 4 is 17.4 Å². The number of rotatable bonds is 3. The van der Waals surface area contributed by atoms with Gasteiger partial charge in [-0.3, -0.25) is 9.78 Å². The zero-order chi connectivity index (χ0) is 17.2. The number of anilines is 2. The van der Waals surface area contributed by atoms with Gasteiger partial charge >= 0.3 is 0 Å². The molecule has 2 N–H and O–H groups in total. The van der Waals surface area contributed by atoms with Gasteiger partial charge in [0.15, 0.2) is 5.82 Å². The largest absolute Gasteiger partial charge is 0.368 e. The minimum absolute atomic E-state index is 0.251. The molecule has 0 aliphatic carbocycles. The summed E-state index contributed by atoms with van der Waals surface area (Å²) in [5.74, 6) is 1.13. The molecule has 3 aromatic heterocycles. The standard InChI is InChI=1S/C17H17N7O/c1-11-13(9-20-15(22-11)12-4-2-5-18-8-12)17(25)23-14-10-21-24-7-3-6-19-16(14)24/h2,4-5,8-10,19H,3,6-7H2,1H3,(H,23,25). The molecule has 0 spiro atoms. The third-order valence-electron chi connectivity index (χ3n) is 4.07. The highest BCUT2D eigenvalue weighted by Gasteiger charge is 2.18. The van der Waals surface area contributed by atoms with Crippen LogP contribution in [0.25, 0.3) is 11.4 Å². The van der Waals surface area contributed by atoms with E-state index < -0.39 is 0 Å². The van der Waals surface area contributed by atoms with Crippen LogP contribution in [-0.2, 0) is 6.54 Å². The summed E-state index contributed by atoms with van der Waals surface area (Å²) >= 11 is 0. The molecule has 0 saturated carbocycles. The molecule has 1 aliphatic heterocycles. The van der Waals surface area contributed by atoms with E-state index in [4.69, 9.17) is 0 Å². The maximum absolute atomic E-state index is 12.6. The fourth-order valence-corrected chi connectivity index (χ4v) is 2.78. The zero-order valence-electron chi connectivity index (χ0n) is 13.7. The lowest BCUT2D eigenvalue weighted by atomic mass is 10.2. The molecule has 0 atom stereocenters. The van der Waals surface area contributed by atoms with Crippen molar-refractivity contribution in [2.24, 2.45) is 0 Å². The highest BCUT2D eigenvalue weighted by Crippen LogP contribution is 2.25. The van der Waals surface area contributed by atoms with Gasteiger partial charge in [0.2, 0.25) is 0 Å². The minimum atomic E-state index is -0.251. The number of nitrogens with zero attached hydrogens (tertiary/aromatic N) is 5. The first-order valence-corrected chi connectivity index (χ1v) is 8.07. The first-order chi connectivity index (χ1) is 12.2. The first-order valence-electron chi connectivity index (χ1n) is 8.07. The van der Waals surface area contributed by atoms with Crippen LogP contribution in [0.3, 0.4) is 0 Å². The monoisotopic (exact) mass is 335 g/mol. The van der Waals surface area contributed by atoms with Crippen LogP contribution in [0, 0.1) is 6.92 Å².